The van der Waals surface area contributed by atoms with E-state index in [1.54, 1.807) is 0 Å². The van der Waals surface area contributed by atoms with Crippen LogP contribution in [-0.4, -0.2) is 40.5 Å². The first-order valence-corrected chi connectivity index (χ1v) is 10.1. The number of ether oxygens (including phenoxy) is 1. The van der Waals surface area contributed by atoms with E-state index in [0.29, 0.717) is 25.1 Å². The highest BCUT2D eigenvalue weighted by molar-refractivity contribution is 5.96. The molecule has 1 saturated heterocycles. The third-order valence-electron chi connectivity index (χ3n) is 5.23. The van der Waals surface area contributed by atoms with E-state index in [1.165, 1.54) is 0 Å². The van der Waals surface area contributed by atoms with Crippen molar-refractivity contribution < 1.29 is 14.3 Å². The molecule has 0 spiro atoms. The number of carbonyl (C=O) groups is 2. The molecule has 2 aromatic carbocycles. The number of amides is 1. The van der Waals surface area contributed by atoms with Crippen LogP contribution in [0.25, 0.3) is 11.0 Å². The summed E-state index contributed by atoms with van der Waals surface area (Å²) in [6, 6.07) is 17.2. The highest BCUT2D eigenvalue weighted by atomic mass is 16.5. The molecule has 1 amide bonds. The lowest BCUT2D eigenvalue weighted by Gasteiger charge is -2.11. The topological polar surface area (TPSA) is 73.2 Å². The molecule has 150 valence electrons. The number of nitrogens with zero attached hydrogens (tertiary/aromatic N) is 2. The molecule has 1 N–H and O–H groups in total. The molecule has 6 nitrogen and oxygen atoms in total. The summed E-state index contributed by atoms with van der Waals surface area (Å²) < 4.78 is 7.40. The zero-order valence-corrected chi connectivity index (χ0v) is 16.3. The number of aromatic nitrogens is 2. The van der Waals surface area contributed by atoms with Crippen molar-refractivity contribution in [2.24, 2.45) is 0 Å². The Labute approximate surface area is 169 Å². The summed E-state index contributed by atoms with van der Waals surface area (Å²) >= 11 is 0. The van der Waals surface area contributed by atoms with Gasteiger partial charge in [-0.25, -0.2) is 4.98 Å². The van der Waals surface area contributed by atoms with Crippen LogP contribution in [0.2, 0.25) is 0 Å². The number of nitrogens with one attached hydrogen (secondary N) is 1. The summed E-state index contributed by atoms with van der Waals surface area (Å²) in [7, 11) is 0. The number of fused-ring (bicyclic) bond motifs is 1. The second-order valence-electron chi connectivity index (χ2n) is 7.29. The lowest BCUT2D eigenvalue weighted by atomic mass is 10.1. The number of hydrogen-bond acceptors (Lipinski definition) is 4. The Hall–Kier alpha value is -2.99. The predicted molar refractivity (Wildman–Crippen MR) is 111 cm³/mol. The molecule has 6 heteroatoms. The fourth-order valence-corrected chi connectivity index (χ4v) is 3.71. The Bertz CT molecular complexity index is 991. The van der Waals surface area contributed by atoms with Gasteiger partial charge in [-0.2, -0.15) is 0 Å². The zero-order valence-electron chi connectivity index (χ0n) is 16.3. The third-order valence-corrected chi connectivity index (χ3v) is 5.23. The molecule has 0 radical (unpaired) electrons. The first-order valence-electron chi connectivity index (χ1n) is 10.1. The Balaban J connectivity index is 1.43. The average molecular weight is 391 g/mol. The number of rotatable bonds is 8. The van der Waals surface area contributed by atoms with Gasteiger partial charge in [0.25, 0.3) is 0 Å². The lowest BCUT2D eigenvalue weighted by molar-refractivity contribution is -0.130. The summed E-state index contributed by atoms with van der Waals surface area (Å²) in [5.41, 5.74) is 2.53. The maximum absolute atomic E-state index is 12.8. The van der Waals surface area contributed by atoms with E-state index < -0.39 is 0 Å². The van der Waals surface area contributed by atoms with Crippen LogP contribution in [0.1, 0.15) is 35.4 Å². The smallest absolute Gasteiger partial charge is 0.249 e. The van der Waals surface area contributed by atoms with E-state index in [9.17, 15) is 9.59 Å². The van der Waals surface area contributed by atoms with Crippen molar-refractivity contribution in [3.63, 3.8) is 0 Å². The highest BCUT2D eigenvalue weighted by Crippen LogP contribution is 2.18. The van der Waals surface area contributed by atoms with E-state index in [0.717, 1.165) is 36.1 Å². The molecular weight excluding hydrogens is 366 g/mol. The molecule has 1 aliphatic heterocycles. The Morgan fingerprint density at radius 2 is 1.90 bits per heavy atom. The molecule has 1 aliphatic rings. The number of Topliss-reactive ketones (excluding diaryl/α,β-unsaturated/α-hetero) is 1. The molecule has 29 heavy (non-hydrogen) atoms. The molecule has 1 atom stereocenters. The van der Waals surface area contributed by atoms with Crippen molar-refractivity contribution >= 4 is 22.7 Å². The van der Waals surface area contributed by atoms with Gasteiger partial charge in [0, 0.05) is 25.1 Å². The summed E-state index contributed by atoms with van der Waals surface area (Å²) in [5.74, 6) is 0.888. The van der Waals surface area contributed by atoms with Crippen LogP contribution in [0.5, 0.6) is 0 Å². The van der Waals surface area contributed by atoms with Gasteiger partial charge in [-0.15, -0.1) is 0 Å². The fraction of sp³-hybridized carbons (Fsp3) is 0.348. The minimum absolute atomic E-state index is 0.0322. The largest absolute Gasteiger partial charge is 0.368 e. The number of hydrogen-bond donors (Lipinski definition) is 1. The van der Waals surface area contributed by atoms with Crippen LogP contribution >= 0.6 is 0 Å². The zero-order chi connectivity index (χ0) is 20.1. The van der Waals surface area contributed by atoms with Crippen molar-refractivity contribution in [1.82, 2.24) is 14.9 Å². The summed E-state index contributed by atoms with van der Waals surface area (Å²) in [5, 5.41) is 2.95. The standard InChI is InChI=1S/C23H25N3O3/c27-20(17-8-2-1-3-9-17)16-26-19-11-5-4-10-18(19)25-22(26)13-6-14-24-23(28)21-12-7-15-29-21/h1-5,8-11,21H,6-7,12-16H2,(H,24,28). The van der Waals surface area contributed by atoms with Crippen LogP contribution in [0.4, 0.5) is 0 Å². The van der Waals surface area contributed by atoms with Gasteiger partial charge >= 0.3 is 0 Å². The minimum Gasteiger partial charge on any atom is -0.368 e. The average Bonchev–Trinajstić information content (AvgIpc) is 3.41. The van der Waals surface area contributed by atoms with Crippen molar-refractivity contribution in [3.8, 4) is 0 Å². The van der Waals surface area contributed by atoms with E-state index in [4.69, 9.17) is 9.72 Å². The minimum atomic E-state index is -0.303. The van der Waals surface area contributed by atoms with Crippen LogP contribution in [0.3, 0.4) is 0 Å². The van der Waals surface area contributed by atoms with Gasteiger partial charge < -0.3 is 14.6 Å². The van der Waals surface area contributed by atoms with E-state index in [1.807, 2.05) is 59.2 Å². The third kappa shape index (κ3) is 4.54. The Kier molecular flexibility index (Phi) is 6.00. The number of benzene rings is 2. The molecule has 0 saturated carbocycles. The molecule has 0 aliphatic carbocycles. The quantitative estimate of drug-likeness (QED) is 0.473. The first-order chi connectivity index (χ1) is 14.2. The molecule has 0 bridgehead atoms. The molecule has 1 fully saturated rings. The number of ketones is 1. The van der Waals surface area contributed by atoms with Crippen molar-refractivity contribution in [3.05, 3.63) is 66.0 Å². The number of para-hydroxylation sites is 2. The Morgan fingerprint density at radius 1 is 1.10 bits per heavy atom. The van der Waals surface area contributed by atoms with Gasteiger partial charge in [0.2, 0.25) is 5.91 Å². The predicted octanol–water partition coefficient (Wildman–Crippen LogP) is 3.15. The first kappa shape index (κ1) is 19.3. The van der Waals surface area contributed by atoms with Crippen molar-refractivity contribution in [2.45, 2.75) is 38.3 Å². The lowest BCUT2D eigenvalue weighted by Crippen LogP contribution is -2.34. The molecule has 2 heterocycles. The second-order valence-corrected chi connectivity index (χ2v) is 7.29. The molecule has 1 unspecified atom stereocenters. The van der Waals surface area contributed by atoms with E-state index >= 15 is 0 Å². The fourth-order valence-electron chi connectivity index (χ4n) is 3.71. The summed E-state index contributed by atoms with van der Waals surface area (Å²) in [6.45, 7) is 1.48. The molecule has 4 rings (SSSR count). The van der Waals surface area contributed by atoms with E-state index in [-0.39, 0.29) is 24.3 Å². The molecule has 3 aromatic rings. The van der Waals surface area contributed by atoms with Gasteiger partial charge in [0.1, 0.15) is 11.9 Å². The van der Waals surface area contributed by atoms with Crippen LogP contribution in [0, 0.1) is 0 Å². The van der Waals surface area contributed by atoms with Crippen LogP contribution in [-0.2, 0) is 22.5 Å². The van der Waals surface area contributed by atoms with Crippen LogP contribution < -0.4 is 5.32 Å². The van der Waals surface area contributed by atoms with Gasteiger partial charge in [-0.1, -0.05) is 42.5 Å². The van der Waals surface area contributed by atoms with Gasteiger partial charge in [0.15, 0.2) is 5.78 Å². The maximum atomic E-state index is 12.8. The summed E-state index contributed by atoms with van der Waals surface area (Å²) in [4.78, 5) is 29.5. The number of aryl methyl sites for hydroxylation is 1. The SMILES string of the molecule is O=C(Cn1c(CCCNC(=O)C2CCCO2)nc2ccccc21)c1ccccc1. The summed E-state index contributed by atoms with van der Waals surface area (Å²) in [6.07, 6.45) is 2.87. The molecular formula is C23H25N3O3. The number of imidazole rings is 1. The Morgan fingerprint density at radius 3 is 2.69 bits per heavy atom. The normalized spacial score (nSPS) is 16.2. The van der Waals surface area contributed by atoms with E-state index in [2.05, 4.69) is 5.32 Å². The van der Waals surface area contributed by atoms with Crippen molar-refractivity contribution in [1.29, 1.82) is 0 Å². The van der Waals surface area contributed by atoms with Gasteiger partial charge in [0.05, 0.1) is 17.6 Å². The highest BCUT2D eigenvalue weighted by Gasteiger charge is 2.23. The molecule has 1 aromatic heterocycles. The van der Waals surface area contributed by atoms with Gasteiger partial charge in [-0.3, -0.25) is 9.59 Å². The van der Waals surface area contributed by atoms with Gasteiger partial charge in [-0.05, 0) is 31.4 Å². The maximum Gasteiger partial charge on any atom is 0.249 e. The van der Waals surface area contributed by atoms with Crippen LogP contribution in [0.15, 0.2) is 54.6 Å². The monoisotopic (exact) mass is 391 g/mol. The van der Waals surface area contributed by atoms with Crippen molar-refractivity contribution in [2.75, 3.05) is 13.2 Å². The number of carbonyl (C=O) groups excluding carboxylic acids is 2. The second kappa shape index (κ2) is 9.01.